The lowest BCUT2D eigenvalue weighted by atomic mass is 9.79. The Kier molecular flexibility index (Phi) is 4.10. The van der Waals surface area contributed by atoms with Crippen LogP contribution in [0.3, 0.4) is 0 Å². The van der Waals surface area contributed by atoms with E-state index < -0.39 is 24.2 Å². The van der Waals surface area contributed by atoms with Crippen LogP contribution in [-0.2, 0) is 15.9 Å². The van der Waals surface area contributed by atoms with Crippen molar-refractivity contribution in [2.45, 2.75) is 38.5 Å². The van der Waals surface area contributed by atoms with Crippen molar-refractivity contribution in [1.82, 2.24) is 9.55 Å². The standard InChI is InChI=1S/C16H19BN4O3/c1-15(2)16(3,10-21-9-13(19-11-21)14(22)20-18)24-17(23-15)12-7-5-4-6-8-12/h4-9,11,18H,10H2,1-3H3. The van der Waals surface area contributed by atoms with E-state index in [1.165, 1.54) is 0 Å². The van der Waals surface area contributed by atoms with Crippen molar-refractivity contribution in [2.24, 2.45) is 5.11 Å². The second-order valence-corrected chi connectivity index (χ2v) is 6.57. The summed E-state index contributed by atoms with van der Waals surface area (Å²) in [6.07, 6.45) is 3.11. The van der Waals surface area contributed by atoms with E-state index in [2.05, 4.69) is 10.1 Å². The number of imidazole rings is 1. The van der Waals surface area contributed by atoms with Crippen molar-refractivity contribution in [1.29, 1.82) is 5.53 Å². The molecule has 1 N–H and O–H groups in total. The predicted octanol–water partition coefficient (Wildman–Crippen LogP) is 2.03. The first kappa shape index (κ1) is 16.5. The van der Waals surface area contributed by atoms with E-state index in [-0.39, 0.29) is 5.69 Å². The molecular formula is C16H19BN4O3. The molecule has 1 fully saturated rings. The number of benzene rings is 1. The summed E-state index contributed by atoms with van der Waals surface area (Å²) < 4.78 is 14.1. The van der Waals surface area contributed by atoms with Gasteiger partial charge in [-0.25, -0.2) is 10.5 Å². The molecule has 1 aliphatic rings. The Balaban J connectivity index is 1.82. The maximum atomic E-state index is 11.4. The van der Waals surface area contributed by atoms with Crippen molar-refractivity contribution in [3.8, 4) is 0 Å². The molecule has 1 amide bonds. The molecule has 1 atom stereocenters. The highest BCUT2D eigenvalue weighted by atomic mass is 16.7. The zero-order chi connectivity index (χ0) is 17.4. The highest BCUT2D eigenvalue weighted by Crippen LogP contribution is 2.38. The SMILES string of the molecule is CC1(C)OB(c2ccccc2)OC1(C)Cn1cnc(C(=O)N=N)c1. The molecule has 0 aliphatic carbocycles. The van der Waals surface area contributed by atoms with Crippen molar-refractivity contribution >= 4 is 18.5 Å². The van der Waals surface area contributed by atoms with Crippen LogP contribution in [0, 0.1) is 5.53 Å². The van der Waals surface area contributed by atoms with E-state index in [9.17, 15) is 4.79 Å². The van der Waals surface area contributed by atoms with Gasteiger partial charge >= 0.3 is 13.0 Å². The maximum Gasteiger partial charge on any atom is 0.494 e. The summed E-state index contributed by atoms with van der Waals surface area (Å²) in [6, 6.07) is 9.78. The van der Waals surface area contributed by atoms with Crippen LogP contribution in [0.1, 0.15) is 31.3 Å². The number of carbonyl (C=O) groups is 1. The summed E-state index contributed by atoms with van der Waals surface area (Å²) in [4.78, 5) is 15.4. The molecule has 24 heavy (non-hydrogen) atoms. The smallest absolute Gasteiger partial charge is 0.399 e. The third kappa shape index (κ3) is 2.90. The average Bonchev–Trinajstić information content (AvgIpc) is 3.10. The molecule has 1 aliphatic heterocycles. The first-order valence-corrected chi connectivity index (χ1v) is 7.69. The Bertz CT molecular complexity index is 762. The van der Waals surface area contributed by atoms with Gasteiger partial charge in [-0.3, -0.25) is 4.79 Å². The van der Waals surface area contributed by atoms with Gasteiger partial charge in [-0.05, 0) is 26.2 Å². The summed E-state index contributed by atoms with van der Waals surface area (Å²) >= 11 is 0. The van der Waals surface area contributed by atoms with Crippen LogP contribution >= 0.6 is 0 Å². The van der Waals surface area contributed by atoms with Crippen LogP contribution < -0.4 is 5.46 Å². The molecule has 7 nitrogen and oxygen atoms in total. The van der Waals surface area contributed by atoms with Gasteiger partial charge in [-0.15, -0.1) is 5.11 Å². The van der Waals surface area contributed by atoms with Crippen LogP contribution in [0.5, 0.6) is 0 Å². The van der Waals surface area contributed by atoms with E-state index in [0.717, 1.165) is 5.46 Å². The minimum atomic E-state index is -0.663. The highest BCUT2D eigenvalue weighted by molar-refractivity contribution is 6.62. The molecule has 0 spiro atoms. The second-order valence-electron chi connectivity index (χ2n) is 6.57. The number of rotatable bonds is 4. The lowest BCUT2D eigenvalue weighted by Crippen LogP contribution is -2.48. The largest absolute Gasteiger partial charge is 0.494 e. The van der Waals surface area contributed by atoms with Crippen LogP contribution in [0.2, 0.25) is 0 Å². The molecule has 8 heteroatoms. The summed E-state index contributed by atoms with van der Waals surface area (Å²) in [6.45, 7) is 6.41. The molecule has 1 aromatic carbocycles. The fraction of sp³-hybridized carbons (Fsp3) is 0.375. The van der Waals surface area contributed by atoms with E-state index >= 15 is 0 Å². The van der Waals surface area contributed by atoms with E-state index in [4.69, 9.17) is 14.8 Å². The van der Waals surface area contributed by atoms with Crippen LogP contribution in [0.25, 0.3) is 0 Å². The Morgan fingerprint density at radius 2 is 2.00 bits per heavy atom. The fourth-order valence-electron chi connectivity index (χ4n) is 2.73. The average molecular weight is 326 g/mol. The summed E-state index contributed by atoms with van der Waals surface area (Å²) in [5.41, 5.74) is 6.73. The van der Waals surface area contributed by atoms with Crippen LogP contribution in [0.15, 0.2) is 48.0 Å². The van der Waals surface area contributed by atoms with Gasteiger partial charge in [0.2, 0.25) is 0 Å². The first-order valence-electron chi connectivity index (χ1n) is 7.69. The van der Waals surface area contributed by atoms with Crippen molar-refractivity contribution in [3.63, 3.8) is 0 Å². The zero-order valence-electron chi connectivity index (χ0n) is 13.9. The monoisotopic (exact) mass is 326 g/mol. The zero-order valence-corrected chi connectivity index (χ0v) is 13.9. The van der Waals surface area contributed by atoms with Crippen LogP contribution in [-0.4, -0.2) is 33.8 Å². The number of nitrogens with one attached hydrogen (secondary N) is 1. The lowest BCUT2D eigenvalue weighted by Gasteiger charge is -2.36. The third-order valence-corrected chi connectivity index (χ3v) is 4.55. The van der Waals surface area contributed by atoms with Crippen molar-refractivity contribution in [2.75, 3.05) is 0 Å². The molecular weight excluding hydrogens is 307 g/mol. The molecule has 124 valence electrons. The Labute approximate surface area is 140 Å². The molecule has 3 rings (SSSR count). The summed E-state index contributed by atoms with van der Waals surface area (Å²) in [7, 11) is -0.445. The fourth-order valence-corrected chi connectivity index (χ4v) is 2.73. The molecule has 0 bridgehead atoms. The molecule has 1 aromatic heterocycles. The van der Waals surface area contributed by atoms with Crippen LogP contribution in [0.4, 0.5) is 0 Å². The first-order chi connectivity index (χ1) is 11.3. The number of carbonyl (C=O) groups excluding carboxylic acids is 1. The van der Waals surface area contributed by atoms with Gasteiger partial charge < -0.3 is 13.9 Å². The Morgan fingerprint density at radius 1 is 1.29 bits per heavy atom. The lowest BCUT2D eigenvalue weighted by molar-refractivity contribution is -0.0219. The molecule has 2 aromatic rings. The summed E-state index contributed by atoms with van der Waals surface area (Å²) in [5.74, 6) is -0.663. The van der Waals surface area contributed by atoms with Gasteiger partial charge in [0.1, 0.15) is 5.69 Å². The number of hydrogen-bond acceptors (Lipinski definition) is 5. The Hall–Kier alpha value is -2.32. The quantitative estimate of drug-likeness (QED) is 0.688. The second kappa shape index (κ2) is 5.96. The van der Waals surface area contributed by atoms with E-state index in [1.54, 1.807) is 17.1 Å². The third-order valence-electron chi connectivity index (χ3n) is 4.55. The summed E-state index contributed by atoms with van der Waals surface area (Å²) in [5, 5.41) is 2.88. The number of amides is 1. The number of hydrogen-bond donors (Lipinski definition) is 1. The van der Waals surface area contributed by atoms with Gasteiger partial charge in [-0.2, -0.15) is 0 Å². The molecule has 1 saturated heterocycles. The number of aromatic nitrogens is 2. The van der Waals surface area contributed by atoms with E-state index in [1.807, 2.05) is 51.1 Å². The molecule has 1 unspecified atom stereocenters. The Morgan fingerprint density at radius 3 is 2.67 bits per heavy atom. The van der Waals surface area contributed by atoms with Gasteiger partial charge in [0.15, 0.2) is 0 Å². The van der Waals surface area contributed by atoms with Gasteiger partial charge in [-0.1, -0.05) is 30.3 Å². The van der Waals surface area contributed by atoms with Crippen molar-refractivity contribution in [3.05, 3.63) is 48.5 Å². The van der Waals surface area contributed by atoms with Gasteiger partial charge in [0.05, 0.1) is 24.1 Å². The van der Waals surface area contributed by atoms with Gasteiger partial charge in [0, 0.05) is 6.20 Å². The highest BCUT2D eigenvalue weighted by Gasteiger charge is 2.54. The molecule has 2 heterocycles. The van der Waals surface area contributed by atoms with Gasteiger partial charge in [0.25, 0.3) is 0 Å². The maximum absolute atomic E-state index is 11.4. The molecule has 0 saturated carbocycles. The van der Waals surface area contributed by atoms with E-state index in [0.29, 0.717) is 6.54 Å². The normalized spacial score (nSPS) is 22.5. The topological polar surface area (TPSA) is 89.6 Å². The number of nitrogens with zero attached hydrogens (tertiary/aromatic N) is 3. The minimum absolute atomic E-state index is 0.143. The molecule has 0 radical (unpaired) electrons. The minimum Gasteiger partial charge on any atom is -0.399 e. The predicted molar refractivity (Wildman–Crippen MR) is 88.2 cm³/mol. The van der Waals surface area contributed by atoms with Crippen molar-refractivity contribution < 1.29 is 14.1 Å².